The average molecular weight is 438 g/mol. The van der Waals surface area contributed by atoms with Crippen molar-refractivity contribution in [1.82, 2.24) is 10.2 Å². The first-order chi connectivity index (χ1) is 13.6. The van der Waals surface area contributed by atoms with Gasteiger partial charge >= 0.3 is 0 Å². The van der Waals surface area contributed by atoms with Gasteiger partial charge in [0.15, 0.2) is 0 Å². The second-order valence-corrected chi connectivity index (χ2v) is 9.53. The van der Waals surface area contributed by atoms with Crippen molar-refractivity contribution in [3.05, 3.63) is 58.6 Å². The lowest BCUT2D eigenvalue weighted by molar-refractivity contribution is -0.119. The topological polar surface area (TPSA) is 69.7 Å². The minimum atomic E-state index is -3.93. The Hall–Kier alpha value is -2.09. The molecule has 1 amide bonds. The van der Waals surface area contributed by atoms with Crippen LogP contribution in [0.15, 0.2) is 47.4 Å². The molecule has 2 aromatic rings. The van der Waals surface area contributed by atoms with Crippen LogP contribution in [0.25, 0.3) is 0 Å². The molecule has 0 aliphatic heterocycles. The van der Waals surface area contributed by atoms with Crippen molar-refractivity contribution in [2.45, 2.75) is 25.2 Å². The highest BCUT2D eigenvalue weighted by atomic mass is 35.5. The molecule has 0 fully saturated rings. The Balaban J connectivity index is 2.29. The SMILES string of the molecule is Cc1ccc(S(=O)(=O)N(CC(=O)NCCCN(C)C)c2ccc(C)c(Cl)c2)cc1. The maximum absolute atomic E-state index is 13.3. The Morgan fingerprint density at radius 3 is 2.31 bits per heavy atom. The Kier molecular flexibility index (Phi) is 8.07. The maximum atomic E-state index is 13.3. The van der Waals surface area contributed by atoms with Gasteiger partial charge in [0.2, 0.25) is 5.91 Å². The molecule has 8 heteroatoms. The molecule has 0 atom stereocenters. The normalized spacial score (nSPS) is 11.5. The molecule has 1 N–H and O–H groups in total. The van der Waals surface area contributed by atoms with E-state index in [1.54, 1.807) is 42.5 Å². The summed E-state index contributed by atoms with van der Waals surface area (Å²) in [4.78, 5) is 14.6. The van der Waals surface area contributed by atoms with Gasteiger partial charge in [-0.1, -0.05) is 35.4 Å². The van der Waals surface area contributed by atoms with Crippen molar-refractivity contribution in [3.63, 3.8) is 0 Å². The number of benzene rings is 2. The molecule has 0 saturated heterocycles. The number of rotatable bonds is 9. The molecule has 0 radical (unpaired) electrons. The lowest BCUT2D eigenvalue weighted by Gasteiger charge is -2.24. The van der Waals surface area contributed by atoms with Crippen LogP contribution in [0.3, 0.4) is 0 Å². The molecule has 0 aromatic heterocycles. The van der Waals surface area contributed by atoms with E-state index in [1.807, 2.05) is 32.8 Å². The highest BCUT2D eigenvalue weighted by Crippen LogP contribution is 2.28. The van der Waals surface area contributed by atoms with Crippen LogP contribution in [0.4, 0.5) is 5.69 Å². The van der Waals surface area contributed by atoms with E-state index in [1.165, 1.54) is 0 Å². The average Bonchev–Trinajstić information content (AvgIpc) is 2.66. The van der Waals surface area contributed by atoms with Gasteiger partial charge < -0.3 is 10.2 Å². The number of carbonyl (C=O) groups excluding carboxylic acids is 1. The highest BCUT2D eigenvalue weighted by Gasteiger charge is 2.27. The van der Waals surface area contributed by atoms with Crippen molar-refractivity contribution < 1.29 is 13.2 Å². The third-order valence-corrected chi connectivity index (χ3v) is 6.64. The van der Waals surface area contributed by atoms with Gasteiger partial charge in [-0.2, -0.15) is 0 Å². The summed E-state index contributed by atoms with van der Waals surface area (Å²) >= 11 is 6.22. The van der Waals surface area contributed by atoms with E-state index in [9.17, 15) is 13.2 Å². The van der Waals surface area contributed by atoms with Crippen molar-refractivity contribution >= 4 is 33.2 Å². The van der Waals surface area contributed by atoms with Crippen molar-refractivity contribution in [2.75, 3.05) is 38.0 Å². The smallest absolute Gasteiger partial charge is 0.264 e. The van der Waals surface area contributed by atoms with Crippen LogP contribution < -0.4 is 9.62 Å². The fraction of sp³-hybridized carbons (Fsp3) is 0.381. The summed E-state index contributed by atoms with van der Waals surface area (Å²) in [6, 6.07) is 11.5. The van der Waals surface area contributed by atoms with Crippen LogP contribution >= 0.6 is 11.6 Å². The molecule has 2 rings (SSSR count). The molecular formula is C21H28ClN3O3S. The number of aryl methyl sites for hydroxylation is 2. The van der Waals surface area contributed by atoms with Gasteiger partial charge in [0.1, 0.15) is 6.54 Å². The summed E-state index contributed by atoms with van der Waals surface area (Å²) in [7, 11) is -0.0196. The fourth-order valence-corrected chi connectivity index (χ4v) is 4.29. The van der Waals surface area contributed by atoms with Crippen LogP contribution in [0.2, 0.25) is 5.02 Å². The molecule has 0 aliphatic carbocycles. The monoisotopic (exact) mass is 437 g/mol. The first-order valence-corrected chi connectivity index (χ1v) is 11.2. The van der Waals surface area contributed by atoms with Gasteiger partial charge in [-0.05, 0) is 70.7 Å². The number of amides is 1. The van der Waals surface area contributed by atoms with E-state index in [4.69, 9.17) is 11.6 Å². The lowest BCUT2D eigenvalue weighted by atomic mass is 10.2. The second kappa shape index (κ2) is 10.1. The molecule has 158 valence electrons. The summed E-state index contributed by atoms with van der Waals surface area (Å²) in [6.45, 7) is 4.71. The molecule has 6 nitrogen and oxygen atoms in total. The van der Waals surface area contributed by atoms with Crippen molar-refractivity contribution in [1.29, 1.82) is 0 Å². The summed E-state index contributed by atoms with van der Waals surface area (Å²) in [5.74, 6) is -0.365. The van der Waals surface area contributed by atoms with E-state index < -0.39 is 10.0 Å². The third kappa shape index (κ3) is 6.45. The quantitative estimate of drug-likeness (QED) is 0.611. The van der Waals surface area contributed by atoms with E-state index in [0.29, 0.717) is 17.3 Å². The molecule has 29 heavy (non-hydrogen) atoms. The Morgan fingerprint density at radius 2 is 1.72 bits per heavy atom. The van der Waals surface area contributed by atoms with Crippen molar-refractivity contribution in [2.24, 2.45) is 0 Å². The fourth-order valence-electron chi connectivity index (χ4n) is 2.70. The zero-order valence-corrected chi connectivity index (χ0v) is 18.8. The van der Waals surface area contributed by atoms with Gasteiger partial charge in [0.05, 0.1) is 10.6 Å². The molecule has 2 aromatic carbocycles. The molecular weight excluding hydrogens is 410 g/mol. The molecule has 0 saturated carbocycles. The van der Waals surface area contributed by atoms with Gasteiger partial charge in [-0.15, -0.1) is 0 Å². The van der Waals surface area contributed by atoms with Crippen LogP contribution in [0.5, 0.6) is 0 Å². The maximum Gasteiger partial charge on any atom is 0.264 e. The molecule has 0 aliphatic rings. The number of anilines is 1. The van der Waals surface area contributed by atoms with E-state index in [-0.39, 0.29) is 17.3 Å². The molecule has 0 unspecified atom stereocenters. The summed E-state index contributed by atoms with van der Waals surface area (Å²) in [5.41, 5.74) is 2.13. The Morgan fingerprint density at radius 1 is 1.07 bits per heavy atom. The second-order valence-electron chi connectivity index (χ2n) is 7.27. The van der Waals surface area contributed by atoms with Crippen molar-refractivity contribution in [3.8, 4) is 0 Å². The van der Waals surface area contributed by atoms with Gasteiger partial charge in [0.25, 0.3) is 10.0 Å². The van der Waals surface area contributed by atoms with Crippen LogP contribution in [0.1, 0.15) is 17.5 Å². The van der Waals surface area contributed by atoms with Gasteiger partial charge in [-0.25, -0.2) is 8.42 Å². The zero-order valence-electron chi connectivity index (χ0n) is 17.3. The first kappa shape index (κ1) is 23.2. The first-order valence-electron chi connectivity index (χ1n) is 9.38. The Labute approximate surface area is 178 Å². The third-order valence-electron chi connectivity index (χ3n) is 4.44. The minimum Gasteiger partial charge on any atom is -0.354 e. The number of nitrogens with zero attached hydrogens (tertiary/aromatic N) is 2. The van der Waals surface area contributed by atoms with Crippen LogP contribution in [-0.2, 0) is 14.8 Å². The van der Waals surface area contributed by atoms with E-state index in [0.717, 1.165) is 28.4 Å². The zero-order chi connectivity index (χ0) is 21.6. The number of carbonyl (C=O) groups is 1. The Bertz CT molecular complexity index is 944. The van der Waals surface area contributed by atoms with Crippen LogP contribution in [0, 0.1) is 13.8 Å². The molecule has 0 spiro atoms. The number of halogens is 1. The number of nitrogens with one attached hydrogen (secondary N) is 1. The molecule has 0 bridgehead atoms. The number of sulfonamides is 1. The summed E-state index contributed by atoms with van der Waals surface area (Å²) < 4.78 is 27.7. The predicted octanol–water partition coefficient (Wildman–Crippen LogP) is 3.22. The van der Waals surface area contributed by atoms with Gasteiger partial charge in [-0.3, -0.25) is 9.10 Å². The number of hydrogen-bond donors (Lipinski definition) is 1. The van der Waals surface area contributed by atoms with E-state index in [2.05, 4.69) is 5.32 Å². The standard InChI is InChI=1S/C21H28ClN3O3S/c1-16-6-10-19(11-7-16)29(27,28)25(18-9-8-17(2)20(22)14-18)15-21(26)23-12-5-13-24(3)4/h6-11,14H,5,12-13,15H2,1-4H3,(H,23,26). The summed E-state index contributed by atoms with van der Waals surface area (Å²) in [6.07, 6.45) is 0.778. The predicted molar refractivity (Wildman–Crippen MR) is 118 cm³/mol. The van der Waals surface area contributed by atoms with Gasteiger partial charge in [0, 0.05) is 11.6 Å². The molecule has 0 heterocycles. The largest absolute Gasteiger partial charge is 0.354 e. The number of hydrogen-bond acceptors (Lipinski definition) is 4. The minimum absolute atomic E-state index is 0.125. The summed E-state index contributed by atoms with van der Waals surface area (Å²) in [5, 5.41) is 3.23. The lowest BCUT2D eigenvalue weighted by Crippen LogP contribution is -2.41. The highest BCUT2D eigenvalue weighted by molar-refractivity contribution is 7.92. The van der Waals surface area contributed by atoms with E-state index >= 15 is 0 Å². The van der Waals surface area contributed by atoms with Crippen LogP contribution in [-0.4, -0.2) is 53.0 Å².